The molecule has 0 bridgehead atoms. The molecule has 2 aromatic rings. The van der Waals surface area contributed by atoms with Crippen molar-refractivity contribution in [2.75, 3.05) is 25.2 Å². The number of aliphatic carboxylic acids is 1. The molecule has 3 heterocycles. The molecule has 194 valence electrons. The number of hydrogen-bond donors (Lipinski definition) is 2. The summed E-state index contributed by atoms with van der Waals surface area (Å²) in [5.74, 6) is -1.22. The fourth-order valence-corrected chi connectivity index (χ4v) is 5.98. The fourth-order valence-electron chi connectivity index (χ4n) is 3.65. The summed E-state index contributed by atoms with van der Waals surface area (Å²) >= 11 is 2.64. The molecule has 1 aromatic carbocycles. The molecule has 2 aliphatic rings. The van der Waals surface area contributed by atoms with E-state index in [0.29, 0.717) is 33.5 Å². The van der Waals surface area contributed by atoms with Gasteiger partial charge >= 0.3 is 5.97 Å². The standard InChI is InChI=1S/C22H23N7O6S2/c1-4-8-35-25-15(12-6-5-7-14(9-12)34-3)18(30)23-16-19(31)29-17(21(32)33)13(10-36-20(16)29)11-37-22-24-26-27-28(22)2/h4-7,9,16,20H,1,8,10-11H2,2-3H3,(H,23,30)(H,32,33)/b25-15-/t16?,20-/m1/s1. The fraction of sp³-hybridized carbons (Fsp3) is 0.318. The molecule has 0 saturated carbocycles. The molecule has 2 N–H and O–H groups in total. The molecule has 2 amide bonds. The number of β-lactam (4-membered cyclic amide) rings is 1. The van der Waals surface area contributed by atoms with Crippen molar-refractivity contribution in [2.45, 2.75) is 16.6 Å². The average molecular weight is 546 g/mol. The minimum atomic E-state index is -1.22. The number of carboxylic acids is 1. The molecule has 0 spiro atoms. The number of ether oxygens (including phenoxy) is 1. The molecule has 0 aliphatic carbocycles. The van der Waals surface area contributed by atoms with E-state index in [0.717, 1.165) is 0 Å². The molecule has 0 radical (unpaired) electrons. The molecule has 13 nitrogen and oxygen atoms in total. The Bertz CT molecular complexity index is 1290. The van der Waals surface area contributed by atoms with Crippen LogP contribution in [0, 0.1) is 0 Å². The molecule has 37 heavy (non-hydrogen) atoms. The third-order valence-corrected chi connectivity index (χ3v) is 7.84. The quantitative estimate of drug-likeness (QED) is 0.102. The van der Waals surface area contributed by atoms with Gasteiger partial charge in [-0.05, 0) is 28.1 Å². The molecule has 1 fully saturated rings. The summed E-state index contributed by atoms with van der Waals surface area (Å²) in [5, 5.41) is 27.6. The number of nitrogens with one attached hydrogen (secondary N) is 1. The van der Waals surface area contributed by atoms with Crippen LogP contribution in [0.1, 0.15) is 5.56 Å². The highest BCUT2D eigenvalue weighted by atomic mass is 32.2. The van der Waals surface area contributed by atoms with E-state index in [-0.39, 0.29) is 18.0 Å². The number of nitrogens with zero attached hydrogens (tertiary/aromatic N) is 6. The number of rotatable bonds is 11. The lowest BCUT2D eigenvalue weighted by Gasteiger charge is -2.49. The maximum Gasteiger partial charge on any atom is 0.352 e. The van der Waals surface area contributed by atoms with Gasteiger partial charge in [0.1, 0.15) is 29.5 Å². The van der Waals surface area contributed by atoms with Gasteiger partial charge in [0.2, 0.25) is 5.16 Å². The normalized spacial score (nSPS) is 19.1. The first-order valence-corrected chi connectivity index (χ1v) is 12.9. The van der Waals surface area contributed by atoms with Crippen LogP contribution in [0.2, 0.25) is 0 Å². The number of carboxylic acid groups (broad SMARTS) is 1. The Morgan fingerprint density at radius 3 is 2.92 bits per heavy atom. The Balaban J connectivity index is 1.51. The first kappa shape index (κ1) is 26.2. The molecular weight excluding hydrogens is 522 g/mol. The summed E-state index contributed by atoms with van der Waals surface area (Å²) in [6.45, 7) is 3.63. The van der Waals surface area contributed by atoms with E-state index < -0.39 is 29.2 Å². The zero-order chi connectivity index (χ0) is 26.5. The SMILES string of the molecule is C=CCO/N=C(\C(=O)NC1C(=O)N2C(C(=O)O)=C(CSc3nnnn3C)CS[C@H]12)c1cccc(OC)c1. The van der Waals surface area contributed by atoms with E-state index in [1.54, 1.807) is 31.3 Å². The smallest absolute Gasteiger partial charge is 0.352 e. The number of amides is 2. The van der Waals surface area contributed by atoms with Crippen LogP contribution in [0.3, 0.4) is 0 Å². The summed E-state index contributed by atoms with van der Waals surface area (Å²) in [6.07, 6.45) is 1.48. The monoisotopic (exact) mass is 545 g/mol. The first-order chi connectivity index (χ1) is 17.8. The Hall–Kier alpha value is -3.85. The van der Waals surface area contributed by atoms with Crippen molar-refractivity contribution in [1.82, 2.24) is 30.4 Å². The lowest BCUT2D eigenvalue weighted by molar-refractivity contribution is -0.150. The maximum absolute atomic E-state index is 13.2. The van der Waals surface area contributed by atoms with E-state index in [1.165, 1.54) is 46.3 Å². The average Bonchev–Trinajstić information content (AvgIpc) is 3.32. The van der Waals surface area contributed by atoms with Gasteiger partial charge in [0.15, 0.2) is 5.71 Å². The van der Waals surface area contributed by atoms with E-state index in [2.05, 4.69) is 32.6 Å². The van der Waals surface area contributed by atoms with Gasteiger partial charge in [0.25, 0.3) is 11.8 Å². The van der Waals surface area contributed by atoms with Crippen LogP contribution in [0.4, 0.5) is 0 Å². The van der Waals surface area contributed by atoms with Crippen LogP contribution in [-0.2, 0) is 26.3 Å². The number of benzene rings is 1. The maximum atomic E-state index is 13.2. The van der Waals surface area contributed by atoms with Crippen LogP contribution >= 0.6 is 23.5 Å². The van der Waals surface area contributed by atoms with Gasteiger partial charge in [-0.15, -0.1) is 16.9 Å². The number of tetrazole rings is 1. The molecular formula is C22H23N7O6S2. The number of methoxy groups -OCH3 is 1. The molecule has 1 saturated heterocycles. The minimum Gasteiger partial charge on any atom is -0.497 e. The van der Waals surface area contributed by atoms with Crippen molar-refractivity contribution in [3.05, 3.63) is 53.8 Å². The highest BCUT2D eigenvalue weighted by Gasteiger charge is 2.54. The van der Waals surface area contributed by atoms with Gasteiger partial charge in [-0.25, -0.2) is 9.48 Å². The molecule has 1 unspecified atom stereocenters. The summed E-state index contributed by atoms with van der Waals surface area (Å²) in [4.78, 5) is 44.7. The van der Waals surface area contributed by atoms with Crippen molar-refractivity contribution in [3.8, 4) is 5.75 Å². The predicted octanol–water partition coefficient (Wildman–Crippen LogP) is 0.656. The Kier molecular flexibility index (Phi) is 8.13. The van der Waals surface area contributed by atoms with Crippen LogP contribution in [-0.4, -0.2) is 90.3 Å². The van der Waals surface area contributed by atoms with E-state index in [1.807, 2.05) is 0 Å². The molecule has 4 rings (SSSR count). The van der Waals surface area contributed by atoms with E-state index >= 15 is 0 Å². The number of oxime groups is 1. The summed E-state index contributed by atoms with van der Waals surface area (Å²) < 4.78 is 6.70. The molecule has 2 aliphatic heterocycles. The van der Waals surface area contributed by atoms with E-state index in [4.69, 9.17) is 9.57 Å². The van der Waals surface area contributed by atoms with Crippen LogP contribution in [0.15, 0.2) is 58.5 Å². The lowest BCUT2D eigenvalue weighted by atomic mass is 10.0. The number of fused-ring (bicyclic) bond motifs is 1. The summed E-state index contributed by atoms with van der Waals surface area (Å²) in [7, 11) is 3.18. The van der Waals surface area contributed by atoms with Gasteiger partial charge < -0.3 is 20.0 Å². The molecule has 2 atom stereocenters. The van der Waals surface area contributed by atoms with Crippen molar-refractivity contribution in [2.24, 2.45) is 12.2 Å². The predicted molar refractivity (Wildman–Crippen MR) is 135 cm³/mol. The Morgan fingerprint density at radius 1 is 1.43 bits per heavy atom. The van der Waals surface area contributed by atoms with Crippen LogP contribution in [0.25, 0.3) is 0 Å². The second-order valence-electron chi connectivity index (χ2n) is 7.75. The largest absolute Gasteiger partial charge is 0.497 e. The van der Waals surface area contributed by atoms with Gasteiger partial charge in [0, 0.05) is 24.1 Å². The van der Waals surface area contributed by atoms with Crippen molar-refractivity contribution >= 4 is 47.0 Å². The van der Waals surface area contributed by atoms with Crippen LogP contribution < -0.4 is 10.1 Å². The second-order valence-corrected chi connectivity index (χ2v) is 9.80. The van der Waals surface area contributed by atoms with Crippen molar-refractivity contribution < 1.29 is 29.1 Å². The summed E-state index contributed by atoms with van der Waals surface area (Å²) in [5.41, 5.74) is 0.843. The van der Waals surface area contributed by atoms with Gasteiger partial charge in [0.05, 0.1) is 7.11 Å². The van der Waals surface area contributed by atoms with Crippen molar-refractivity contribution in [3.63, 3.8) is 0 Å². The third-order valence-electron chi connectivity index (χ3n) is 5.40. The zero-order valence-corrected chi connectivity index (χ0v) is 21.5. The van der Waals surface area contributed by atoms with Gasteiger partial charge in [-0.2, -0.15) is 0 Å². The first-order valence-electron chi connectivity index (χ1n) is 10.9. The second kappa shape index (κ2) is 11.5. The number of aryl methyl sites for hydroxylation is 1. The highest BCUT2D eigenvalue weighted by Crippen LogP contribution is 2.41. The number of carbonyl (C=O) groups excluding carboxylic acids is 2. The lowest BCUT2D eigenvalue weighted by Crippen LogP contribution is -2.71. The minimum absolute atomic E-state index is 0.0591. The number of carbonyl (C=O) groups is 3. The molecule has 1 aromatic heterocycles. The molecule has 15 heteroatoms. The Morgan fingerprint density at radius 2 is 2.24 bits per heavy atom. The van der Waals surface area contributed by atoms with Crippen molar-refractivity contribution in [1.29, 1.82) is 0 Å². The topological polar surface area (TPSA) is 161 Å². The Labute approximate surface area is 219 Å². The van der Waals surface area contributed by atoms with Gasteiger partial charge in [-0.1, -0.05) is 41.7 Å². The van der Waals surface area contributed by atoms with Crippen LogP contribution in [0.5, 0.6) is 5.75 Å². The van der Waals surface area contributed by atoms with Gasteiger partial charge in [-0.3, -0.25) is 14.5 Å². The summed E-state index contributed by atoms with van der Waals surface area (Å²) in [6, 6.07) is 5.75. The highest BCUT2D eigenvalue weighted by molar-refractivity contribution is 8.01. The van der Waals surface area contributed by atoms with E-state index in [9.17, 15) is 19.5 Å². The number of hydrogen-bond acceptors (Lipinski definition) is 11. The number of thioether (sulfide) groups is 2. The number of aromatic nitrogens is 4. The zero-order valence-electron chi connectivity index (χ0n) is 19.9. The third kappa shape index (κ3) is 5.46.